The number of aryl methyl sites for hydroxylation is 2. The van der Waals surface area contributed by atoms with Crippen LogP contribution < -0.4 is 34.0 Å². The van der Waals surface area contributed by atoms with Crippen LogP contribution in [0.15, 0.2) is 53.8 Å². The molecule has 4 heteroatoms. The summed E-state index contributed by atoms with van der Waals surface area (Å²) in [5.74, 6) is 0.989. The topological polar surface area (TPSA) is 21.2 Å². The maximum absolute atomic E-state index is 4.71. The Morgan fingerprint density at radius 1 is 1.11 bits per heavy atom. The second-order valence-electron chi connectivity index (χ2n) is 3.80. The smallest absolute Gasteiger partial charge is 0.325 e. The van der Waals surface area contributed by atoms with Crippen molar-refractivity contribution >= 4 is 5.82 Å². The zero-order chi connectivity index (χ0) is 12.1. The third kappa shape index (κ3) is 3.41. The number of aromatic nitrogens is 2. The summed E-state index contributed by atoms with van der Waals surface area (Å²) in [7, 11) is 0. The highest BCUT2D eigenvalue weighted by Crippen LogP contribution is 2.01. The molecule has 0 saturated heterocycles. The normalized spacial score (nSPS) is 11.1. The summed E-state index contributed by atoms with van der Waals surface area (Å²) in [6.45, 7) is 6.10. The van der Waals surface area contributed by atoms with E-state index >= 15 is 0 Å². The van der Waals surface area contributed by atoms with Gasteiger partial charge in [-0.15, -0.1) is 0 Å². The molecule has 2 aromatic heterocycles. The predicted molar refractivity (Wildman–Crippen MR) is 67.6 cm³/mol. The Balaban J connectivity index is 0.00000162. The van der Waals surface area contributed by atoms with Crippen molar-refractivity contribution < 1.29 is 28.5 Å². The zero-order valence-corrected chi connectivity index (χ0v) is 12.9. The van der Waals surface area contributed by atoms with Gasteiger partial charge in [-0.2, -0.15) is 0 Å². The van der Waals surface area contributed by atoms with Gasteiger partial charge in [-0.3, -0.25) is 0 Å². The molecule has 0 spiro atoms. The van der Waals surface area contributed by atoms with Crippen molar-refractivity contribution in [3.05, 3.63) is 54.3 Å². The van der Waals surface area contributed by atoms with E-state index in [1.54, 1.807) is 0 Å². The molecule has 2 aromatic rings. The van der Waals surface area contributed by atoms with E-state index in [1.165, 1.54) is 0 Å². The van der Waals surface area contributed by atoms with Gasteiger partial charge in [-0.05, 0) is 31.0 Å². The van der Waals surface area contributed by atoms with Gasteiger partial charge < -0.3 is 28.5 Å². The molecule has 0 saturated carbocycles. The molecule has 0 unspecified atom stereocenters. The molecule has 0 fully saturated rings. The van der Waals surface area contributed by atoms with Crippen LogP contribution in [0.5, 0.6) is 0 Å². The van der Waals surface area contributed by atoms with Crippen molar-refractivity contribution in [2.75, 3.05) is 0 Å². The van der Waals surface area contributed by atoms with Crippen molar-refractivity contribution in [3.63, 3.8) is 0 Å². The fourth-order valence-electron chi connectivity index (χ4n) is 1.79. The Morgan fingerprint density at radius 3 is 2.61 bits per heavy atom. The molecular formula is C14H18IN3. The summed E-state index contributed by atoms with van der Waals surface area (Å²) in [6, 6.07) is 12.2. The molecule has 0 atom stereocenters. The average Bonchev–Trinajstić information content (AvgIpc) is 2.40. The molecule has 0 N–H and O–H groups in total. The lowest BCUT2D eigenvalue weighted by molar-refractivity contribution is -0.680. The molecule has 2 heterocycles. The number of rotatable bonds is 3. The summed E-state index contributed by atoms with van der Waals surface area (Å²) in [4.78, 5) is 4.71. The number of halogens is 1. The molecule has 0 aromatic carbocycles. The Kier molecular flexibility index (Phi) is 6.04. The molecule has 0 aliphatic heterocycles. The number of hydrogen-bond acceptors (Lipinski definition) is 1. The van der Waals surface area contributed by atoms with Gasteiger partial charge in [0, 0.05) is 24.9 Å². The van der Waals surface area contributed by atoms with Gasteiger partial charge in [-0.25, -0.2) is 4.57 Å². The minimum absolute atomic E-state index is 0. The Labute approximate surface area is 125 Å². The highest BCUT2D eigenvalue weighted by molar-refractivity contribution is 5.19. The van der Waals surface area contributed by atoms with Gasteiger partial charge in [0.05, 0.1) is 12.7 Å². The predicted octanol–water partition coefficient (Wildman–Crippen LogP) is -0.948. The van der Waals surface area contributed by atoms with Crippen LogP contribution in [-0.2, 0) is 13.1 Å². The van der Waals surface area contributed by atoms with Gasteiger partial charge in [0.25, 0.3) is 0 Å². The molecule has 0 amide bonds. The van der Waals surface area contributed by atoms with Crippen LogP contribution in [0.25, 0.3) is 0 Å². The summed E-state index contributed by atoms with van der Waals surface area (Å²) in [5, 5.41) is 0. The molecular weight excluding hydrogens is 337 g/mol. The highest BCUT2D eigenvalue weighted by Gasteiger charge is 2.05. The minimum Gasteiger partial charge on any atom is -1.00 e. The van der Waals surface area contributed by atoms with Crippen LogP contribution in [0, 0.1) is 0 Å². The summed E-state index contributed by atoms with van der Waals surface area (Å²) in [6.07, 6.45) is 4.11. The first-order chi connectivity index (χ1) is 8.35. The molecule has 18 heavy (non-hydrogen) atoms. The maximum atomic E-state index is 4.71. The second kappa shape index (κ2) is 7.31. The molecule has 0 aliphatic rings. The van der Waals surface area contributed by atoms with Gasteiger partial charge in [0.15, 0.2) is 0 Å². The molecule has 0 radical (unpaired) electrons. The average molecular weight is 355 g/mol. The van der Waals surface area contributed by atoms with Crippen LogP contribution in [0.1, 0.15) is 13.8 Å². The number of nitrogens with zero attached hydrogens (tertiary/aromatic N) is 3. The Bertz CT molecular complexity index is 561. The van der Waals surface area contributed by atoms with Crippen LogP contribution in [-0.4, -0.2) is 4.57 Å². The van der Waals surface area contributed by atoms with E-state index in [4.69, 9.17) is 4.99 Å². The van der Waals surface area contributed by atoms with Gasteiger partial charge in [0.2, 0.25) is 5.49 Å². The first-order valence-electron chi connectivity index (χ1n) is 6.03. The lowest BCUT2D eigenvalue weighted by atomic mass is 10.4. The molecule has 0 bridgehead atoms. The fourth-order valence-corrected chi connectivity index (χ4v) is 1.79. The lowest BCUT2D eigenvalue weighted by Crippen LogP contribution is -3.00. The minimum atomic E-state index is 0. The van der Waals surface area contributed by atoms with Crippen molar-refractivity contribution in [2.45, 2.75) is 26.9 Å². The summed E-state index contributed by atoms with van der Waals surface area (Å²) in [5.41, 5.74) is 0.989. The summed E-state index contributed by atoms with van der Waals surface area (Å²) < 4.78 is 4.26. The Hall–Kier alpha value is -1.17. The van der Waals surface area contributed by atoms with E-state index in [0.29, 0.717) is 0 Å². The SMILES string of the molecule is CCn1ccccc1=Nc1cccc[n+]1CC.[I-]. The van der Waals surface area contributed by atoms with Crippen LogP contribution >= 0.6 is 0 Å². The van der Waals surface area contributed by atoms with E-state index in [-0.39, 0.29) is 24.0 Å². The quantitative estimate of drug-likeness (QED) is 0.501. The zero-order valence-electron chi connectivity index (χ0n) is 10.8. The van der Waals surface area contributed by atoms with Crippen molar-refractivity contribution in [1.29, 1.82) is 0 Å². The van der Waals surface area contributed by atoms with E-state index in [1.807, 2.05) is 36.4 Å². The first-order valence-corrected chi connectivity index (χ1v) is 6.03. The molecule has 3 nitrogen and oxygen atoms in total. The molecule has 96 valence electrons. The number of hydrogen-bond donors (Lipinski definition) is 0. The van der Waals surface area contributed by atoms with Crippen molar-refractivity contribution in [2.24, 2.45) is 4.99 Å². The van der Waals surface area contributed by atoms with Crippen LogP contribution in [0.3, 0.4) is 0 Å². The largest absolute Gasteiger partial charge is 1.00 e. The van der Waals surface area contributed by atoms with Crippen LogP contribution in [0.4, 0.5) is 5.82 Å². The third-order valence-electron chi connectivity index (χ3n) is 2.74. The second-order valence-corrected chi connectivity index (χ2v) is 3.80. The first kappa shape index (κ1) is 14.9. The fraction of sp³-hybridized carbons (Fsp3) is 0.286. The monoisotopic (exact) mass is 355 g/mol. The van der Waals surface area contributed by atoms with Gasteiger partial charge in [-0.1, -0.05) is 12.1 Å². The van der Waals surface area contributed by atoms with E-state index in [0.717, 1.165) is 24.4 Å². The highest BCUT2D eigenvalue weighted by atomic mass is 127. The van der Waals surface area contributed by atoms with E-state index in [9.17, 15) is 0 Å². The van der Waals surface area contributed by atoms with Gasteiger partial charge in [0.1, 0.15) is 0 Å². The lowest BCUT2D eigenvalue weighted by Gasteiger charge is -2.00. The molecule has 2 rings (SSSR count). The summed E-state index contributed by atoms with van der Waals surface area (Å²) >= 11 is 0. The van der Waals surface area contributed by atoms with E-state index in [2.05, 4.69) is 35.4 Å². The van der Waals surface area contributed by atoms with Crippen LogP contribution in [0.2, 0.25) is 0 Å². The van der Waals surface area contributed by atoms with Crippen molar-refractivity contribution in [1.82, 2.24) is 4.57 Å². The number of pyridine rings is 2. The van der Waals surface area contributed by atoms with E-state index < -0.39 is 0 Å². The third-order valence-corrected chi connectivity index (χ3v) is 2.74. The maximum Gasteiger partial charge on any atom is 0.325 e. The standard InChI is InChI=1S/C14H18N3.HI/c1-3-16-11-7-5-9-13(16)15-14-10-6-8-12-17(14)4-2;/h5-12H,3-4H2,1-2H3;1H/q+1;/p-1. The van der Waals surface area contributed by atoms with Gasteiger partial charge >= 0.3 is 5.82 Å². The Morgan fingerprint density at radius 2 is 1.89 bits per heavy atom. The van der Waals surface area contributed by atoms with Crippen molar-refractivity contribution in [3.8, 4) is 0 Å². The molecule has 0 aliphatic carbocycles.